The minimum Gasteiger partial charge on any atom is -0.438 e. The fourth-order valence-electron chi connectivity index (χ4n) is 2.20. The number of hydrogen-bond donors (Lipinski definition) is 1. The molecule has 0 fully saturated rings. The van der Waals surface area contributed by atoms with Gasteiger partial charge in [-0.1, -0.05) is 11.6 Å². The van der Waals surface area contributed by atoms with Crippen LogP contribution in [0.5, 0.6) is 11.6 Å². The third-order valence-corrected chi connectivity index (χ3v) is 3.93. The maximum absolute atomic E-state index is 12.7. The second-order valence-corrected chi connectivity index (χ2v) is 6.40. The monoisotopic (exact) mass is 433 g/mol. The Morgan fingerprint density at radius 2 is 1.83 bits per heavy atom. The number of alkyl halides is 3. The van der Waals surface area contributed by atoms with Crippen LogP contribution in [-0.4, -0.2) is 24.0 Å². The molecular formula is C20H15ClF3N5O. The van der Waals surface area contributed by atoms with Gasteiger partial charge in [0.25, 0.3) is 0 Å². The number of halogens is 4. The summed E-state index contributed by atoms with van der Waals surface area (Å²) in [5, 5.41) is 20.7. The first kappa shape index (κ1) is 22.6. The minimum absolute atomic E-state index is 0.0253. The van der Waals surface area contributed by atoms with Crippen molar-refractivity contribution in [3.8, 4) is 23.8 Å². The number of pyridine rings is 1. The van der Waals surface area contributed by atoms with Crippen LogP contribution in [0.1, 0.15) is 5.56 Å². The molecule has 0 saturated carbocycles. The van der Waals surface area contributed by atoms with Gasteiger partial charge in [-0.05, 0) is 36.4 Å². The number of anilines is 1. The van der Waals surface area contributed by atoms with Gasteiger partial charge in [-0.15, -0.1) is 0 Å². The largest absolute Gasteiger partial charge is 0.438 e. The number of ether oxygens (including phenoxy) is 1. The molecule has 6 nitrogen and oxygen atoms in total. The molecule has 1 aromatic heterocycles. The van der Waals surface area contributed by atoms with Crippen LogP contribution in [0, 0.1) is 22.7 Å². The van der Waals surface area contributed by atoms with Crippen molar-refractivity contribution in [2.45, 2.75) is 6.18 Å². The van der Waals surface area contributed by atoms with E-state index >= 15 is 0 Å². The SMILES string of the molecule is CN(C)C(/C=C/Nc1ccc(Oc2ncc(C(F)(F)F)cc2Cl)cc1)=C(C#N)C#N. The van der Waals surface area contributed by atoms with Crippen LogP contribution in [0.2, 0.25) is 5.02 Å². The Morgan fingerprint density at radius 1 is 1.20 bits per heavy atom. The molecule has 0 spiro atoms. The van der Waals surface area contributed by atoms with Crippen LogP contribution < -0.4 is 10.1 Å². The highest BCUT2D eigenvalue weighted by Crippen LogP contribution is 2.34. The highest BCUT2D eigenvalue weighted by atomic mass is 35.5. The van der Waals surface area contributed by atoms with Gasteiger partial charge in [-0.25, -0.2) is 4.98 Å². The predicted molar refractivity (Wildman–Crippen MR) is 105 cm³/mol. The summed E-state index contributed by atoms with van der Waals surface area (Å²) in [6, 6.07) is 10.9. The van der Waals surface area contributed by atoms with E-state index < -0.39 is 11.7 Å². The predicted octanol–water partition coefficient (Wildman–Crippen LogP) is 5.33. The molecule has 2 aromatic rings. The summed E-state index contributed by atoms with van der Waals surface area (Å²) < 4.78 is 43.4. The fraction of sp³-hybridized carbons (Fsp3) is 0.150. The Kier molecular flexibility index (Phi) is 7.29. The molecule has 2 rings (SSSR count). The van der Waals surface area contributed by atoms with Crippen molar-refractivity contribution in [3.63, 3.8) is 0 Å². The number of nitrogens with one attached hydrogen (secondary N) is 1. The number of aromatic nitrogens is 1. The second kappa shape index (κ2) is 9.68. The van der Waals surface area contributed by atoms with E-state index in [1.807, 2.05) is 12.1 Å². The minimum atomic E-state index is -4.54. The van der Waals surface area contributed by atoms with Crippen molar-refractivity contribution in [1.82, 2.24) is 9.88 Å². The van der Waals surface area contributed by atoms with Gasteiger partial charge in [0.1, 0.15) is 22.9 Å². The molecule has 0 amide bonds. The summed E-state index contributed by atoms with van der Waals surface area (Å²) in [6.07, 6.45) is -0.750. The van der Waals surface area contributed by atoms with Crippen LogP contribution in [0.15, 0.2) is 60.1 Å². The number of likely N-dealkylation sites (N-methyl/N-ethyl adjacent to an activating group) is 1. The highest BCUT2D eigenvalue weighted by molar-refractivity contribution is 6.31. The van der Waals surface area contributed by atoms with Gasteiger partial charge >= 0.3 is 6.18 Å². The van der Waals surface area contributed by atoms with Crippen LogP contribution in [0.4, 0.5) is 18.9 Å². The van der Waals surface area contributed by atoms with Crippen molar-refractivity contribution in [2.24, 2.45) is 0 Å². The van der Waals surface area contributed by atoms with E-state index in [0.717, 1.165) is 6.07 Å². The highest BCUT2D eigenvalue weighted by Gasteiger charge is 2.31. The normalized spacial score (nSPS) is 10.8. The molecular weight excluding hydrogens is 419 g/mol. The number of allylic oxidation sites excluding steroid dienone is 2. The van der Waals surface area contributed by atoms with E-state index in [9.17, 15) is 13.2 Å². The topological polar surface area (TPSA) is 85.0 Å². The lowest BCUT2D eigenvalue weighted by Gasteiger charge is -2.13. The summed E-state index contributed by atoms with van der Waals surface area (Å²) in [6.45, 7) is 0. The molecule has 0 aliphatic rings. The van der Waals surface area contributed by atoms with Gasteiger partial charge in [-0.2, -0.15) is 23.7 Å². The average Bonchev–Trinajstić information content (AvgIpc) is 2.69. The Balaban J connectivity index is 2.08. The van der Waals surface area contributed by atoms with Gasteiger partial charge in [0.05, 0.1) is 11.3 Å². The first-order chi connectivity index (χ1) is 14.2. The Morgan fingerprint density at radius 3 is 2.33 bits per heavy atom. The molecule has 154 valence electrons. The number of nitriles is 2. The molecule has 0 aliphatic heterocycles. The standard InChI is InChI=1S/C20H15ClF3N5O/c1-29(2)18(13(10-25)11-26)7-8-27-15-3-5-16(6-4-15)30-19-17(21)9-14(12-28-19)20(22,23)24/h3-9,12,27H,1-2H3/b8-7+. The summed E-state index contributed by atoms with van der Waals surface area (Å²) in [5.41, 5.74) is 0.116. The average molecular weight is 434 g/mol. The van der Waals surface area contributed by atoms with Crippen LogP contribution >= 0.6 is 11.6 Å². The summed E-state index contributed by atoms with van der Waals surface area (Å²) >= 11 is 5.83. The van der Waals surface area contributed by atoms with Gasteiger partial charge in [0, 0.05) is 32.2 Å². The first-order valence-corrected chi connectivity index (χ1v) is 8.69. The van der Waals surface area contributed by atoms with Crippen LogP contribution in [-0.2, 0) is 6.18 Å². The Labute approximate surface area is 176 Å². The van der Waals surface area contributed by atoms with Gasteiger partial charge in [-0.3, -0.25) is 0 Å². The van der Waals surface area contributed by atoms with E-state index in [0.29, 0.717) is 23.3 Å². The molecule has 0 bridgehead atoms. The summed E-state index contributed by atoms with van der Waals surface area (Å²) in [5.74, 6) is 0.176. The third-order valence-electron chi connectivity index (χ3n) is 3.66. The van der Waals surface area contributed by atoms with Crippen molar-refractivity contribution >= 4 is 17.3 Å². The molecule has 0 radical (unpaired) electrons. The number of rotatable bonds is 6. The van der Waals surface area contributed by atoms with Crippen molar-refractivity contribution in [1.29, 1.82) is 10.5 Å². The van der Waals surface area contributed by atoms with Gasteiger partial charge < -0.3 is 15.0 Å². The Bertz CT molecular complexity index is 1030. The number of benzene rings is 1. The van der Waals surface area contributed by atoms with E-state index in [1.54, 1.807) is 55.5 Å². The molecule has 0 saturated heterocycles. The number of hydrogen-bond acceptors (Lipinski definition) is 6. The summed E-state index contributed by atoms with van der Waals surface area (Å²) in [7, 11) is 3.42. The zero-order valence-corrected chi connectivity index (χ0v) is 16.6. The lowest BCUT2D eigenvalue weighted by molar-refractivity contribution is -0.137. The van der Waals surface area contributed by atoms with Gasteiger partial charge in [0.15, 0.2) is 5.57 Å². The molecule has 1 heterocycles. The second-order valence-electron chi connectivity index (χ2n) is 5.99. The quantitative estimate of drug-likeness (QED) is 0.489. The zero-order valence-electron chi connectivity index (χ0n) is 15.8. The van der Waals surface area contributed by atoms with Crippen LogP contribution in [0.25, 0.3) is 0 Å². The zero-order chi connectivity index (χ0) is 22.3. The van der Waals surface area contributed by atoms with E-state index in [2.05, 4.69) is 10.3 Å². The molecule has 1 N–H and O–H groups in total. The molecule has 30 heavy (non-hydrogen) atoms. The van der Waals surface area contributed by atoms with E-state index in [1.165, 1.54) is 0 Å². The van der Waals surface area contributed by atoms with Gasteiger partial charge in [0.2, 0.25) is 5.88 Å². The maximum Gasteiger partial charge on any atom is 0.417 e. The van der Waals surface area contributed by atoms with E-state index in [-0.39, 0.29) is 16.5 Å². The molecule has 10 heteroatoms. The first-order valence-electron chi connectivity index (χ1n) is 8.31. The molecule has 0 aliphatic carbocycles. The van der Waals surface area contributed by atoms with Crippen LogP contribution in [0.3, 0.4) is 0 Å². The van der Waals surface area contributed by atoms with Crippen molar-refractivity contribution < 1.29 is 17.9 Å². The molecule has 1 aromatic carbocycles. The third kappa shape index (κ3) is 5.90. The fourth-order valence-corrected chi connectivity index (χ4v) is 2.40. The smallest absolute Gasteiger partial charge is 0.417 e. The van der Waals surface area contributed by atoms with Crippen molar-refractivity contribution in [3.05, 3.63) is 70.7 Å². The lowest BCUT2D eigenvalue weighted by atomic mass is 10.2. The van der Waals surface area contributed by atoms with E-state index in [4.69, 9.17) is 26.9 Å². The summed E-state index contributed by atoms with van der Waals surface area (Å²) in [4.78, 5) is 5.25. The lowest BCUT2D eigenvalue weighted by Crippen LogP contribution is -2.11. The molecule has 0 unspecified atom stereocenters. The van der Waals surface area contributed by atoms with Crippen molar-refractivity contribution in [2.75, 3.05) is 19.4 Å². The Hall–Kier alpha value is -3.69. The maximum atomic E-state index is 12.7. The molecule has 0 atom stereocenters. The number of nitrogens with zero attached hydrogens (tertiary/aromatic N) is 4.